The molecule has 2 aromatic rings. The van der Waals surface area contributed by atoms with Gasteiger partial charge in [-0.05, 0) is 42.7 Å². The van der Waals surface area contributed by atoms with E-state index >= 15 is 0 Å². The molecule has 3 heteroatoms. The van der Waals surface area contributed by atoms with Crippen LogP contribution in [0.1, 0.15) is 18.1 Å². The molecule has 0 saturated heterocycles. The lowest BCUT2D eigenvalue weighted by Gasteiger charge is -2.24. The largest absolute Gasteiger partial charge is 0.302 e. The van der Waals surface area contributed by atoms with Gasteiger partial charge in [0.05, 0.1) is 5.41 Å². The van der Waals surface area contributed by atoms with Crippen molar-refractivity contribution in [1.29, 1.82) is 0 Å². The molecule has 0 aromatic heterocycles. The Morgan fingerprint density at radius 2 is 1.68 bits per heavy atom. The molecule has 0 aliphatic rings. The summed E-state index contributed by atoms with van der Waals surface area (Å²) in [7, 11) is 0. The van der Waals surface area contributed by atoms with Crippen molar-refractivity contribution in [2.45, 2.75) is 18.8 Å². The maximum absolute atomic E-state index is 13.7. The Morgan fingerprint density at radius 1 is 1.05 bits per heavy atom. The zero-order valence-electron chi connectivity index (χ0n) is 10.6. The highest BCUT2D eigenvalue weighted by Crippen LogP contribution is 2.27. The first-order valence-corrected chi connectivity index (χ1v) is 6.01. The van der Waals surface area contributed by atoms with Gasteiger partial charge in [0.15, 0.2) is 0 Å². The molecule has 0 aliphatic carbocycles. The van der Waals surface area contributed by atoms with Gasteiger partial charge >= 0.3 is 0 Å². The van der Waals surface area contributed by atoms with Crippen molar-refractivity contribution >= 4 is 6.29 Å². The second-order valence-corrected chi connectivity index (χ2v) is 4.81. The number of hydrogen-bond donors (Lipinski definition) is 0. The van der Waals surface area contributed by atoms with Gasteiger partial charge in [-0.1, -0.05) is 30.3 Å². The molecule has 1 nitrogen and oxygen atoms in total. The molecule has 2 rings (SSSR count). The lowest BCUT2D eigenvalue weighted by molar-refractivity contribution is -0.112. The average molecular weight is 260 g/mol. The van der Waals surface area contributed by atoms with Gasteiger partial charge in [0.1, 0.15) is 17.9 Å². The lowest BCUT2D eigenvalue weighted by atomic mass is 9.78. The summed E-state index contributed by atoms with van der Waals surface area (Å²) in [5, 5.41) is 0. The van der Waals surface area contributed by atoms with E-state index in [2.05, 4.69) is 0 Å². The molecule has 98 valence electrons. The van der Waals surface area contributed by atoms with Crippen molar-refractivity contribution in [1.82, 2.24) is 0 Å². The molecule has 2 aromatic carbocycles. The topological polar surface area (TPSA) is 17.1 Å². The fourth-order valence-electron chi connectivity index (χ4n) is 2.08. The molecule has 0 saturated carbocycles. The van der Waals surface area contributed by atoms with E-state index in [1.54, 1.807) is 37.3 Å². The van der Waals surface area contributed by atoms with Crippen molar-refractivity contribution in [3.05, 3.63) is 71.3 Å². The molecule has 0 heterocycles. The van der Waals surface area contributed by atoms with Gasteiger partial charge in [0.2, 0.25) is 0 Å². The minimum Gasteiger partial charge on any atom is -0.302 e. The molecule has 1 unspecified atom stereocenters. The van der Waals surface area contributed by atoms with Crippen molar-refractivity contribution in [3.8, 4) is 0 Å². The van der Waals surface area contributed by atoms with Gasteiger partial charge in [0.25, 0.3) is 0 Å². The van der Waals surface area contributed by atoms with Gasteiger partial charge in [-0.2, -0.15) is 0 Å². The minimum atomic E-state index is -0.865. The maximum Gasteiger partial charge on any atom is 0.130 e. The van der Waals surface area contributed by atoms with E-state index in [9.17, 15) is 13.6 Å². The van der Waals surface area contributed by atoms with Crippen molar-refractivity contribution in [3.63, 3.8) is 0 Å². The van der Waals surface area contributed by atoms with Gasteiger partial charge < -0.3 is 4.79 Å². The zero-order valence-corrected chi connectivity index (χ0v) is 10.6. The molecule has 0 N–H and O–H groups in total. The highest BCUT2D eigenvalue weighted by Gasteiger charge is 2.27. The van der Waals surface area contributed by atoms with Crippen LogP contribution in [-0.2, 0) is 16.6 Å². The number of hydrogen-bond acceptors (Lipinski definition) is 1. The predicted octanol–water partition coefficient (Wildman–Crippen LogP) is 3.66. The summed E-state index contributed by atoms with van der Waals surface area (Å²) in [5.41, 5.74) is 0.282. The summed E-state index contributed by atoms with van der Waals surface area (Å²) in [5.74, 6) is -0.694. The van der Waals surface area contributed by atoms with Crippen molar-refractivity contribution in [2.75, 3.05) is 0 Å². The van der Waals surface area contributed by atoms with Gasteiger partial charge in [-0.25, -0.2) is 8.78 Å². The summed E-state index contributed by atoms with van der Waals surface area (Å²) >= 11 is 0. The van der Waals surface area contributed by atoms with Crippen LogP contribution >= 0.6 is 0 Å². The van der Waals surface area contributed by atoms with E-state index < -0.39 is 5.41 Å². The first-order chi connectivity index (χ1) is 9.05. The van der Waals surface area contributed by atoms with Crippen LogP contribution in [0.5, 0.6) is 0 Å². The zero-order chi connectivity index (χ0) is 13.9. The molecule has 0 radical (unpaired) electrons. The van der Waals surface area contributed by atoms with Crippen molar-refractivity contribution in [2.24, 2.45) is 0 Å². The van der Waals surface area contributed by atoms with Crippen LogP contribution in [-0.4, -0.2) is 6.29 Å². The minimum absolute atomic E-state index is 0.245. The average Bonchev–Trinajstić information content (AvgIpc) is 2.42. The van der Waals surface area contributed by atoms with Crippen LogP contribution in [0.15, 0.2) is 48.5 Å². The van der Waals surface area contributed by atoms with E-state index in [4.69, 9.17) is 0 Å². The highest BCUT2D eigenvalue weighted by atomic mass is 19.1. The number of halogens is 2. The summed E-state index contributed by atoms with van der Waals surface area (Å²) in [6, 6.07) is 12.1. The Bertz CT molecular complexity index is 578. The normalized spacial score (nSPS) is 13.8. The molecule has 1 atom stereocenters. The highest BCUT2D eigenvalue weighted by molar-refractivity contribution is 5.68. The molecule has 0 amide bonds. The number of rotatable bonds is 4. The molecule has 0 bridgehead atoms. The van der Waals surface area contributed by atoms with Gasteiger partial charge in [0, 0.05) is 0 Å². The van der Waals surface area contributed by atoms with E-state index in [-0.39, 0.29) is 18.1 Å². The molecule has 0 fully saturated rings. The van der Waals surface area contributed by atoms with E-state index in [0.29, 0.717) is 11.1 Å². The third-order valence-electron chi connectivity index (χ3n) is 3.28. The van der Waals surface area contributed by atoms with Gasteiger partial charge in [-0.15, -0.1) is 0 Å². The van der Waals surface area contributed by atoms with Crippen LogP contribution in [0.3, 0.4) is 0 Å². The molecular weight excluding hydrogens is 246 g/mol. The predicted molar refractivity (Wildman–Crippen MR) is 69.9 cm³/mol. The van der Waals surface area contributed by atoms with Crippen LogP contribution in [0.2, 0.25) is 0 Å². The Labute approximate surface area is 110 Å². The van der Waals surface area contributed by atoms with Crippen LogP contribution in [0.25, 0.3) is 0 Å². The molecular formula is C16H14F2O. The third-order valence-corrected chi connectivity index (χ3v) is 3.28. The number of carbonyl (C=O) groups excluding carboxylic acids is 1. The van der Waals surface area contributed by atoms with E-state index in [0.717, 1.165) is 6.29 Å². The molecule has 0 aliphatic heterocycles. The number of carbonyl (C=O) groups is 1. The first kappa shape index (κ1) is 13.4. The fraction of sp³-hybridized carbons (Fsp3) is 0.188. The van der Waals surface area contributed by atoms with Crippen LogP contribution < -0.4 is 0 Å². The lowest BCUT2D eigenvalue weighted by Crippen LogP contribution is -2.27. The number of aldehydes is 1. The monoisotopic (exact) mass is 260 g/mol. The maximum atomic E-state index is 13.7. The third kappa shape index (κ3) is 2.87. The SMILES string of the molecule is CC(C=O)(Cc1ccccc1F)c1ccc(F)cc1. The smallest absolute Gasteiger partial charge is 0.130 e. The molecule has 0 spiro atoms. The fourth-order valence-corrected chi connectivity index (χ4v) is 2.08. The number of benzene rings is 2. The first-order valence-electron chi connectivity index (χ1n) is 6.01. The quantitative estimate of drug-likeness (QED) is 0.767. The van der Waals surface area contributed by atoms with Gasteiger partial charge in [-0.3, -0.25) is 0 Å². The summed E-state index contributed by atoms with van der Waals surface area (Å²) in [4.78, 5) is 11.4. The van der Waals surface area contributed by atoms with Crippen LogP contribution in [0, 0.1) is 11.6 Å². The van der Waals surface area contributed by atoms with Crippen LogP contribution in [0.4, 0.5) is 8.78 Å². The summed E-state index contributed by atoms with van der Waals surface area (Å²) < 4.78 is 26.6. The Balaban J connectivity index is 2.35. The standard InChI is InChI=1S/C16H14F2O/c1-16(11-19,13-6-8-14(17)9-7-13)10-12-4-2-3-5-15(12)18/h2-9,11H,10H2,1H3. The summed E-state index contributed by atoms with van der Waals surface area (Å²) in [6.45, 7) is 1.72. The van der Waals surface area contributed by atoms with E-state index in [1.165, 1.54) is 18.2 Å². The second-order valence-electron chi connectivity index (χ2n) is 4.81. The Morgan fingerprint density at radius 3 is 2.26 bits per heavy atom. The Hall–Kier alpha value is -2.03. The van der Waals surface area contributed by atoms with Crippen molar-refractivity contribution < 1.29 is 13.6 Å². The Kier molecular flexibility index (Phi) is 3.74. The molecule has 19 heavy (non-hydrogen) atoms. The van der Waals surface area contributed by atoms with E-state index in [1.807, 2.05) is 0 Å². The summed E-state index contributed by atoms with van der Waals surface area (Å²) in [6.07, 6.45) is 1.03. The second kappa shape index (κ2) is 5.31.